The summed E-state index contributed by atoms with van der Waals surface area (Å²) in [6.07, 6.45) is 12.4. The van der Waals surface area contributed by atoms with Gasteiger partial charge in [-0.15, -0.1) is 0 Å². The number of carbonyl (C=O) groups is 1. The molecule has 2 aromatic heterocycles. The van der Waals surface area contributed by atoms with E-state index in [1.165, 1.54) is 44.9 Å². The largest absolute Gasteiger partial charge is 0.366 e. The lowest BCUT2D eigenvalue weighted by Gasteiger charge is -2.25. The summed E-state index contributed by atoms with van der Waals surface area (Å²) in [6.45, 7) is 4.15. The molecule has 24 heavy (non-hydrogen) atoms. The number of nitrogens with two attached hydrogens (primary N) is 1. The number of carbonyl (C=O) groups excluding carboxylic acids is 1. The van der Waals surface area contributed by atoms with Crippen molar-refractivity contribution in [3.8, 4) is 11.1 Å². The van der Waals surface area contributed by atoms with E-state index < -0.39 is 0 Å². The normalized spacial score (nSPS) is 16.6. The van der Waals surface area contributed by atoms with Gasteiger partial charge in [-0.05, 0) is 32.8 Å². The van der Waals surface area contributed by atoms with Crippen LogP contribution in [0, 0.1) is 13.8 Å². The molecule has 1 aliphatic carbocycles. The number of hydrogen-bond acceptors (Lipinski definition) is 2. The predicted molar refractivity (Wildman–Crippen MR) is 97.0 cm³/mol. The fourth-order valence-corrected chi connectivity index (χ4v) is 4.26. The first kappa shape index (κ1) is 16.7. The molecule has 0 aromatic carbocycles. The summed E-state index contributed by atoms with van der Waals surface area (Å²) in [5, 5.41) is 0. The zero-order valence-electron chi connectivity index (χ0n) is 14.7. The van der Waals surface area contributed by atoms with Crippen LogP contribution in [0.2, 0.25) is 0 Å². The van der Waals surface area contributed by atoms with Crippen LogP contribution in [0.5, 0.6) is 0 Å². The Hall–Kier alpha value is -2.10. The molecule has 0 bridgehead atoms. The molecule has 4 nitrogen and oxygen atoms in total. The number of pyridine rings is 1. The maximum absolute atomic E-state index is 12.2. The monoisotopic (exact) mass is 325 g/mol. The smallest absolute Gasteiger partial charge is 0.251 e. The van der Waals surface area contributed by atoms with Crippen LogP contribution in [0.25, 0.3) is 11.1 Å². The molecule has 1 amide bonds. The van der Waals surface area contributed by atoms with Crippen LogP contribution < -0.4 is 5.73 Å². The third-order valence-electron chi connectivity index (χ3n) is 5.33. The van der Waals surface area contributed by atoms with Crippen molar-refractivity contribution in [2.24, 2.45) is 5.73 Å². The van der Waals surface area contributed by atoms with Gasteiger partial charge >= 0.3 is 0 Å². The lowest BCUT2D eigenvalue weighted by atomic mass is 9.96. The molecule has 2 N–H and O–H groups in total. The van der Waals surface area contributed by atoms with E-state index >= 15 is 0 Å². The molecule has 1 fully saturated rings. The average Bonchev–Trinajstić information content (AvgIpc) is 2.80. The van der Waals surface area contributed by atoms with Crippen molar-refractivity contribution in [2.45, 2.75) is 64.8 Å². The Labute approximate surface area is 144 Å². The molecule has 0 spiro atoms. The van der Waals surface area contributed by atoms with Gasteiger partial charge in [0, 0.05) is 41.0 Å². The zero-order valence-corrected chi connectivity index (χ0v) is 14.7. The minimum Gasteiger partial charge on any atom is -0.366 e. The van der Waals surface area contributed by atoms with E-state index in [4.69, 9.17) is 5.73 Å². The molecular formula is C20H27N3O. The summed E-state index contributed by atoms with van der Waals surface area (Å²) in [4.78, 5) is 16.4. The van der Waals surface area contributed by atoms with E-state index in [0.717, 1.165) is 22.5 Å². The second kappa shape index (κ2) is 7.20. The summed E-state index contributed by atoms with van der Waals surface area (Å²) in [7, 11) is 0. The van der Waals surface area contributed by atoms with Gasteiger partial charge in [-0.25, -0.2) is 0 Å². The van der Waals surface area contributed by atoms with E-state index in [2.05, 4.69) is 16.5 Å². The summed E-state index contributed by atoms with van der Waals surface area (Å²) in [5.41, 5.74) is 10.5. The van der Waals surface area contributed by atoms with Crippen LogP contribution in [0.15, 0.2) is 24.5 Å². The van der Waals surface area contributed by atoms with E-state index in [9.17, 15) is 4.79 Å². The van der Waals surface area contributed by atoms with Gasteiger partial charge in [-0.3, -0.25) is 9.78 Å². The number of amides is 1. The van der Waals surface area contributed by atoms with Crippen molar-refractivity contribution in [3.05, 3.63) is 41.5 Å². The van der Waals surface area contributed by atoms with Crippen LogP contribution in [0.4, 0.5) is 0 Å². The van der Waals surface area contributed by atoms with Crippen molar-refractivity contribution in [2.75, 3.05) is 0 Å². The molecule has 0 atom stereocenters. The molecule has 0 unspecified atom stereocenters. The molecule has 1 aliphatic rings. The Bertz CT molecular complexity index is 710. The molecule has 3 rings (SSSR count). The van der Waals surface area contributed by atoms with E-state index in [1.807, 2.05) is 25.3 Å². The first-order chi connectivity index (χ1) is 11.6. The number of hydrogen-bond donors (Lipinski definition) is 1. The van der Waals surface area contributed by atoms with Crippen LogP contribution in [-0.4, -0.2) is 15.5 Å². The number of primary amides is 1. The fraction of sp³-hybridized carbons (Fsp3) is 0.500. The fourth-order valence-electron chi connectivity index (χ4n) is 4.26. The highest BCUT2D eigenvalue weighted by Gasteiger charge is 2.26. The van der Waals surface area contributed by atoms with Crippen molar-refractivity contribution in [3.63, 3.8) is 0 Å². The topological polar surface area (TPSA) is 60.9 Å². The van der Waals surface area contributed by atoms with Gasteiger partial charge in [0.1, 0.15) is 0 Å². The molecule has 4 heteroatoms. The summed E-state index contributed by atoms with van der Waals surface area (Å²) < 4.78 is 2.37. The lowest BCUT2D eigenvalue weighted by molar-refractivity contribution is 0.1000. The Kier molecular flexibility index (Phi) is 5.03. The molecule has 0 radical (unpaired) electrons. The van der Waals surface area contributed by atoms with Gasteiger partial charge in [0.05, 0.1) is 5.56 Å². The molecule has 1 saturated carbocycles. The molecule has 2 heterocycles. The van der Waals surface area contributed by atoms with Crippen molar-refractivity contribution >= 4 is 5.91 Å². The van der Waals surface area contributed by atoms with Gasteiger partial charge in [0.15, 0.2) is 0 Å². The number of rotatable bonds is 3. The summed E-state index contributed by atoms with van der Waals surface area (Å²) in [5.74, 6) is -0.348. The van der Waals surface area contributed by atoms with Crippen molar-refractivity contribution in [1.29, 1.82) is 0 Å². The quantitative estimate of drug-likeness (QED) is 0.899. The Morgan fingerprint density at radius 2 is 1.79 bits per heavy atom. The summed E-state index contributed by atoms with van der Waals surface area (Å²) >= 11 is 0. The van der Waals surface area contributed by atoms with Crippen LogP contribution in [-0.2, 0) is 0 Å². The van der Waals surface area contributed by atoms with Gasteiger partial charge in [-0.1, -0.05) is 38.2 Å². The molecular weight excluding hydrogens is 298 g/mol. The minimum atomic E-state index is -0.348. The highest BCUT2D eigenvalue weighted by molar-refractivity contribution is 6.02. The number of nitrogens with zero attached hydrogens (tertiary/aromatic N) is 2. The average molecular weight is 325 g/mol. The summed E-state index contributed by atoms with van der Waals surface area (Å²) in [6, 6.07) is 4.37. The molecule has 0 aliphatic heterocycles. The van der Waals surface area contributed by atoms with Crippen molar-refractivity contribution < 1.29 is 4.79 Å². The molecule has 128 valence electrons. The first-order valence-electron chi connectivity index (χ1n) is 9.03. The Morgan fingerprint density at radius 1 is 1.12 bits per heavy atom. The van der Waals surface area contributed by atoms with Gasteiger partial charge < -0.3 is 10.3 Å². The van der Waals surface area contributed by atoms with Crippen LogP contribution in [0.3, 0.4) is 0 Å². The molecule has 0 saturated heterocycles. The third-order valence-corrected chi connectivity index (χ3v) is 5.33. The minimum absolute atomic E-state index is 0.348. The number of aromatic nitrogens is 2. The maximum Gasteiger partial charge on any atom is 0.251 e. The maximum atomic E-state index is 12.2. The third kappa shape index (κ3) is 3.10. The van der Waals surface area contributed by atoms with E-state index in [0.29, 0.717) is 11.6 Å². The Balaban J connectivity index is 2.12. The lowest BCUT2D eigenvalue weighted by Crippen LogP contribution is -2.16. The first-order valence-corrected chi connectivity index (χ1v) is 9.03. The predicted octanol–water partition coefficient (Wildman–Crippen LogP) is 4.55. The van der Waals surface area contributed by atoms with E-state index in [-0.39, 0.29) is 5.91 Å². The highest BCUT2D eigenvalue weighted by atomic mass is 16.1. The van der Waals surface area contributed by atoms with Gasteiger partial charge in [-0.2, -0.15) is 0 Å². The van der Waals surface area contributed by atoms with Gasteiger partial charge in [0.25, 0.3) is 5.91 Å². The standard InChI is InChI=1S/C20H27N3O/c1-14-18(16-9-8-12-22-13-16)19(20(21)24)15(2)23(14)17-10-6-4-3-5-7-11-17/h8-9,12-13,17H,3-7,10-11H2,1-2H3,(H2,21,24). The van der Waals surface area contributed by atoms with Crippen molar-refractivity contribution in [1.82, 2.24) is 9.55 Å². The van der Waals surface area contributed by atoms with Crippen LogP contribution in [0.1, 0.15) is 72.7 Å². The zero-order chi connectivity index (χ0) is 17.1. The Morgan fingerprint density at radius 3 is 2.38 bits per heavy atom. The second-order valence-electron chi connectivity index (χ2n) is 6.90. The SMILES string of the molecule is Cc1c(C(N)=O)c(-c2cccnc2)c(C)n1C1CCCCCCC1. The van der Waals surface area contributed by atoms with E-state index in [1.54, 1.807) is 6.20 Å². The van der Waals surface area contributed by atoms with Crippen LogP contribution >= 0.6 is 0 Å². The van der Waals surface area contributed by atoms with Gasteiger partial charge in [0.2, 0.25) is 0 Å². The molecule has 2 aromatic rings. The highest BCUT2D eigenvalue weighted by Crippen LogP contribution is 2.37. The second-order valence-corrected chi connectivity index (χ2v) is 6.90.